The Morgan fingerprint density at radius 1 is 1.35 bits per heavy atom. The molecule has 2 atom stereocenters. The van der Waals surface area contributed by atoms with Crippen LogP contribution >= 0.6 is 11.8 Å². The summed E-state index contributed by atoms with van der Waals surface area (Å²) in [6.07, 6.45) is 3.07. The van der Waals surface area contributed by atoms with Crippen LogP contribution in [0.5, 0.6) is 0 Å². The van der Waals surface area contributed by atoms with Crippen molar-refractivity contribution in [2.24, 2.45) is 0 Å². The van der Waals surface area contributed by atoms with E-state index >= 15 is 0 Å². The standard InChI is InChI=1S/C13H27NO2S/c1-5-9-14-12(13(15)16-7-3)8-10-17-11(4)6-2/h11-12,14H,5-10H2,1-4H3. The molecular weight excluding hydrogens is 234 g/mol. The number of hydrogen-bond acceptors (Lipinski definition) is 4. The summed E-state index contributed by atoms with van der Waals surface area (Å²) in [6, 6.07) is -0.133. The van der Waals surface area contributed by atoms with Gasteiger partial charge in [0, 0.05) is 5.25 Å². The highest BCUT2D eigenvalue weighted by atomic mass is 32.2. The Morgan fingerprint density at radius 3 is 2.59 bits per heavy atom. The highest BCUT2D eigenvalue weighted by Crippen LogP contribution is 2.15. The third-order valence-electron chi connectivity index (χ3n) is 2.60. The molecule has 2 unspecified atom stereocenters. The van der Waals surface area contributed by atoms with Crippen LogP contribution in [0, 0.1) is 0 Å². The highest BCUT2D eigenvalue weighted by molar-refractivity contribution is 7.99. The van der Waals surface area contributed by atoms with E-state index in [1.165, 1.54) is 6.42 Å². The van der Waals surface area contributed by atoms with Gasteiger partial charge in [-0.3, -0.25) is 4.79 Å². The molecule has 0 saturated carbocycles. The van der Waals surface area contributed by atoms with Crippen LogP contribution < -0.4 is 5.32 Å². The number of nitrogens with one attached hydrogen (secondary N) is 1. The summed E-state index contributed by atoms with van der Waals surface area (Å²) in [6.45, 7) is 9.70. The van der Waals surface area contributed by atoms with Gasteiger partial charge in [-0.25, -0.2) is 0 Å². The van der Waals surface area contributed by atoms with Crippen molar-refractivity contribution in [1.29, 1.82) is 0 Å². The lowest BCUT2D eigenvalue weighted by molar-refractivity contribution is -0.145. The van der Waals surface area contributed by atoms with E-state index in [4.69, 9.17) is 4.74 Å². The summed E-state index contributed by atoms with van der Waals surface area (Å²) in [5.74, 6) is 0.903. The van der Waals surface area contributed by atoms with E-state index in [2.05, 4.69) is 26.1 Å². The van der Waals surface area contributed by atoms with Crippen molar-refractivity contribution in [2.45, 2.75) is 58.2 Å². The zero-order valence-corrected chi connectivity index (χ0v) is 12.4. The van der Waals surface area contributed by atoms with E-state index in [9.17, 15) is 4.79 Å². The Labute approximate surface area is 110 Å². The van der Waals surface area contributed by atoms with Gasteiger partial charge in [0.1, 0.15) is 6.04 Å². The second kappa shape index (κ2) is 10.9. The van der Waals surface area contributed by atoms with Crippen molar-refractivity contribution < 1.29 is 9.53 Å². The van der Waals surface area contributed by atoms with Crippen LogP contribution in [0.4, 0.5) is 0 Å². The largest absolute Gasteiger partial charge is 0.465 e. The van der Waals surface area contributed by atoms with E-state index in [-0.39, 0.29) is 12.0 Å². The molecule has 0 saturated heterocycles. The normalized spacial score (nSPS) is 14.4. The molecule has 0 heterocycles. The van der Waals surface area contributed by atoms with Crippen molar-refractivity contribution >= 4 is 17.7 Å². The van der Waals surface area contributed by atoms with Crippen LogP contribution in [0.2, 0.25) is 0 Å². The Kier molecular flexibility index (Phi) is 10.8. The Morgan fingerprint density at radius 2 is 2.06 bits per heavy atom. The molecule has 0 spiro atoms. The van der Waals surface area contributed by atoms with E-state index in [0.717, 1.165) is 25.1 Å². The third-order valence-corrected chi connectivity index (χ3v) is 3.97. The number of ether oxygens (including phenoxy) is 1. The van der Waals surface area contributed by atoms with Crippen molar-refractivity contribution in [3.63, 3.8) is 0 Å². The molecule has 0 aliphatic carbocycles. The first kappa shape index (κ1) is 16.8. The minimum absolute atomic E-state index is 0.106. The SMILES string of the molecule is CCCNC(CCSC(C)CC)C(=O)OCC. The zero-order valence-electron chi connectivity index (χ0n) is 11.6. The maximum Gasteiger partial charge on any atom is 0.323 e. The molecule has 0 rings (SSSR count). The van der Waals surface area contributed by atoms with Crippen molar-refractivity contribution in [3.8, 4) is 0 Å². The first-order valence-electron chi connectivity index (χ1n) is 6.67. The average molecular weight is 261 g/mol. The lowest BCUT2D eigenvalue weighted by atomic mass is 10.2. The maximum atomic E-state index is 11.7. The summed E-state index contributed by atoms with van der Waals surface area (Å²) in [5, 5.41) is 3.93. The number of thioether (sulfide) groups is 1. The molecule has 0 aromatic rings. The predicted molar refractivity (Wildman–Crippen MR) is 75.5 cm³/mol. The smallest absolute Gasteiger partial charge is 0.323 e. The topological polar surface area (TPSA) is 38.3 Å². The number of hydrogen-bond donors (Lipinski definition) is 1. The van der Waals surface area contributed by atoms with Gasteiger partial charge in [0.15, 0.2) is 0 Å². The molecule has 0 aliphatic heterocycles. The lowest BCUT2D eigenvalue weighted by Crippen LogP contribution is -2.39. The molecule has 0 fully saturated rings. The highest BCUT2D eigenvalue weighted by Gasteiger charge is 2.18. The van der Waals surface area contributed by atoms with Gasteiger partial charge >= 0.3 is 5.97 Å². The van der Waals surface area contributed by atoms with Gasteiger partial charge in [0.2, 0.25) is 0 Å². The minimum atomic E-state index is -0.133. The van der Waals surface area contributed by atoms with Gasteiger partial charge < -0.3 is 10.1 Å². The van der Waals surface area contributed by atoms with Crippen molar-refractivity contribution in [1.82, 2.24) is 5.32 Å². The van der Waals surface area contributed by atoms with Crippen LogP contribution in [-0.4, -0.2) is 36.2 Å². The maximum absolute atomic E-state index is 11.7. The molecule has 1 N–H and O–H groups in total. The molecule has 102 valence electrons. The first-order valence-corrected chi connectivity index (χ1v) is 7.72. The average Bonchev–Trinajstić information content (AvgIpc) is 2.33. The quantitative estimate of drug-likeness (QED) is 0.614. The summed E-state index contributed by atoms with van der Waals surface area (Å²) in [5.41, 5.74) is 0. The van der Waals surface area contributed by atoms with Gasteiger partial charge in [0.25, 0.3) is 0 Å². The summed E-state index contributed by atoms with van der Waals surface area (Å²) < 4.78 is 5.07. The second-order valence-corrected chi connectivity index (χ2v) is 5.68. The molecule has 0 amide bonds. The Bertz CT molecular complexity index is 200. The van der Waals surface area contributed by atoms with Crippen molar-refractivity contribution in [2.75, 3.05) is 18.9 Å². The molecule has 4 heteroatoms. The molecule has 3 nitrogen and oxygen atoms in total. The van der Waals surface area contributed by atoms with Crippen LogP contribution in [0.3, 0.4) is 0 Å². The first-order chi connectivity index (χ1) is 8.15. The fourth-order valence-corrected chi connectivity index (χ4v) is 2.38. The zero-order chi connectivity index (χ0) is 13.1. The van der Waals surface area contributed by atoms with Crippen LogP contribution in [-0.2, 0) is 9.53 Å². The molecule has 0 radical (unpaired) electrons. The van der Waals surface area contributed by atoms with Gasteiger partial charge in [-0.2, -0.15) is 11.8 Å². The molecule has 0 aliphatic rings. The van der Waals surface area contributed by atoms with Crippen LogP contribution in [0.15, 0.2) is 0 Å². The van der Waals surface area contributed by atoms with Gasteiger partial charge in [0.05, 0.1) is 6.61 Å². The Balaban J connectivity index is 3.96. The molecule has 0 bridgehead atoms. The summed E-state index contributed by atoms with van der Waals surface area (Å²) in [7, 11) is 0. The second-order valence-electron chi connectivity index (χ2n) is 4.14. The van der Waals surface area contributed by atoms with E-state index < -0.39 is 0 Å². The fourth-order valence-electron chi connectivity index (χ4n) is 1.37. The molecular formula is C13H27NO2S. The van der Waals surface area contributed by atoms with Gasteiger partial charge in [-0.1, -0.05) is 20.8 Å². The molecule has 0 aromatic heterocycles. The van der Waals surface area contributed by atoms with Gasteiger partial charge in [-0.15, -0.1) is 0 Å². The van der Waals surface area contributed by atoms with Crippen molar-refractivity contribution in [3.05, 3.63) is 0 Å². The van der Waals surface area contributed by atoms with Gasteiger partial charge in [-0.05, 0) is 38.5 Å². The monoisotopic (exact) mass is 261 g/mol. The predicted octanol–water partition coefficient (Wildman–Crippen LogP) is 2.84. The fraction of sp³-hybridized carbons (Fsp3) is 0.923. The van der Waals surface area contributed by atoms with E-state index in [1.54, 1.807) is 0 Å². The Hall–Kier alpha value is -0.220. The lowest BCUT2D eigenvalue weighted by Gasteiger charge is -2.17. The summed E-state index contributed by atoms with van der Waals surface area (Å²) in [4.78, 5) is 11.7. The van der Waals surface area contributed by atoms with E-state index in [0.29, 0.717) is 11.9 Å². The number of rotatable bonds is 10. The molecule has 17 heavy (non-hydrogen) atoms. The van der Waals surface area contributed by atoms with Crippen LogP contribution in [0.25, 0.3) is 0 Å². The van der Waals surface area contributed by atoms with Crippen LogP contribution in [0.1, 0.15) is 47.0 Å². The third kappa shape index (κ3) is 8.50. The number of carbonyl (C=O) groups is 1. The summed E-state index contributed by atoms with van der Waals surface area (Å²) >= 11 is 1.93. The molecule has 0 aromatic carbocycles. The van der Waals surface area contributed by atoms with E-state index in [1.807, 2.05) is 18.7 Å². The minimum Gasteiger partial charge on any atom is -0.465 e. The number of carbonyl (C=O) groups excluding carboxylic acids is 1. The number of esters is 1.